The Morgan fingerprint density at radius 2 is 2.12 bits per heavy atom. The van der Waals surface area contributed by atoms with Gasteiger partial charge < -0.3 is 15.6 Å². The summed E-state index contributed by atoms with van der Waals surface area (Å²) in [5.41, 5.74) is 2.64. The molecule has 2 rings (SSSR count). The van der Waals surface area contributed by atoms with Gasteiger partial charge in [-0.05, 0) is 47.0 Å². The number of hydrogen-bond acceptors (Lipinski definition) is 3. The van der Waals surface area contributed by atoms with Crippen molar-refractivity contribution in [3.05, 3.63) is 46.1 Å². The Kier molecular flexibility index (Phi) is 6.24. The molecule has 0 aromatic carbocycles. The maximum absolute atomic E-state index is 12.8. The number of aryl methyl sites for hydroxylation is 1. The molecule has 0 aliphatic heterocycles. The normalized spacial score (nSPS) is 17.2. The molecule has 1 aromatic rings. The van der Waals surface area contributed by atoms with Crippen LogP contribution in [0.3, 0.4) is 0 Å². The second kappa shape index (κ2) is 8.21. The molecule has 0 saturated heterocycles. The Morgan fingerprint density at radius 1 is 1.42 bits per heavy atom. The van der Waals surface area contributed by atoms with Gasteiger partial charge in [0.05, 0.1) is 10.8 Å². The summed E-state index contributed by atoms with van der Waals surface area (Å²) in [5.74, 6) is 0.594. The number of carbonyl (C=O) groups is 1. The number of rotatable bonds is 8. The highest BCUT2D eigenvalue weighted by Crippen LogP contribution is 2.35. The standard InChI is InChI=1S/C21H30N4O/c1-7-9-14(3)10-13-23-20(26)18-16(5)24-15(4)17(18)19(22-8-2)25-21(6)11-12-21/h7-9,24-25H,1,4,10-13H2,2-3,5-6H3,(H,23,26)/b14-9+,19-17-,22-8-. The summed E-state index contributed by atoms with van der Waals surface area (Å²) in [6, 6.07) is 0. The number of aromatic nitrogens is 1. The van der Waals surface area contributed by atoms with Gasteiger partial charge in [0.25, 0.3) is 5.91 Å². The van der Waals surface area contributed by atoms with Gasteiger partial charge in [-0.2, -0.15) is 0 Å². The van der Waals surface area contributed by atoms with Gasteiger partial charge in [-0.15, -0.1) is 0 Å². The summed E-state index contributed by atoms with van der Waals surface area (Å²) in [6.45, 7) is 16.3. The first-order valence-electron chi connectivity index (χ1n) is 9.06. The zero-order valence-electron chi connectivity index (χ0n) is 16.3. The topological polar surface area (TPSA) is 69.3 Å². The van der Waals surface area contributed by atoms with Crippen molar-refractivity contribution < 1.29 is 4.79 Å². The van der Waals surface area contributed by atoms with Gasteiger partial charge in [0, 0.05) is 29.3 Å². The average molecular weight is 354 g/mol. The lowest BCUT2D eigenvalue weighted by atomic mass is 10.1. The smallest absolute Gasteiger partial charge is 0.253 e. The minimum Gasteiger partial charge on any atom is -0.364 e. The van der Waals surface area contributed by atoms with Crippen LogP contribution in [0.4, 0.5) is 0 Å². The maximum Gasteiger partial charge on any atom is 0.253 e. The first kappa shape index (κ1) is 19.8. The molecule has 3 N–H and O–H groups in total. The Bertz CT molecular complexity index is 853. The number of amides is 1. The molecular formula is C21H30N4O. The highest BCUT2D eigenvalue weighted by atomic mass is 16.1. The van der Waals surface area contributed by atoms with Gasteiger partial charge >= 0.3 is 0 Å². The van der Waals surface area contributed by atoms with E-state index in [1.807, 2.05) is 26.8 Å². The van der Waals surface area contributed by atoms with Gasteiger partial charge in [-0.1, -0.05) is 30.9 Å². The summed E-state index contributed by atoms with van der Waals surface area (Å²) in [5, 5.41) is 7.94. The molecular weight excluding hydrogens is 324 g/mol. The Morgan fingerprint density at radius 3 is 2.69 bits per heavy atom. The van der Waals surface area contributed by atoms with E-state index in [9.17, 15) is 4.79 Å². The fourth-order valence-electron chi connectivity index (χ4n) is 2.87. The predicted octanol–water partition coefficient (Wildman–Crippen LogP) is 2.28. The monoisotopic (exact) mass is 354 g/mol. The van der Waals surface area contributed by atoms with Crippen molar-refractivity contribution >= 4 is 24.5 Å². The van der Waals surface area contributed by atoms with E-state index in [0.29, 0.717) is 23.3 Å². The van der Waals surface area contributed by atoms with E-state index in [1.54, 1.807) is 12.3 Å². The maximum atomic E-state index is 12.8. The molecule has 1 amide bonds. The molecule has 0 spiro atoms. The van der Waals surface area contributed by atoms with Crippen LogP contribution in [0.2, 0.25) is 0 Å². The van der Waals surface area contributed by atoms with E-state index >= 15 is 0 Å². The van der Waals surface area contributed by atoms with Crippen LogP contribution >= 0.6 is 0 Å². The Hall–Kier alpha value is -2.56. The average Bonchev–Trinajstić information content (AvgIpc) is 3.20. The third-order valence-corrected chi connectivity index (χ3v) is 4.61. The molecule has 0 unspecified atom stereocenters. The first-order chi connectivity index (χ1) is 12.3. The molecule has 1 fully saturated rings. The van der Waals surface area contributed by atoms with Crippen LogP contribution in [0.5, 0.6) is 0 Å². The second-order valence-corrected chi connectivity index (χ2v) is 7.15. The molecule has 1 saturated carbocycles. The van der Waals surface area contributed by atoms with E-state index in [2.05, 4.69) is 40.7 Å². The SMILES string of the molecule is C=C/C=C(\C)CCNC(=O)c1c(C)[nH]c(=C)/c1=C(\N=C/C)NC1(C)CC1. The highest BCUT2D eigenvalue weighted by Gasteiger charge is 2.38. The van der Waals surface area contributed by atoms with E-state index in [1.165, 1.54) is 5.57 Å². The Balaban J connectivity index is 2.35. The molecule has 26 heavy (non-hydrogen) atoms. The van der Waals surface area contributed by atoms with Gasteiger partial charge in [0.2, 0.25) is 0 Å². The fourth-order valence-corrected chi connectivity index (χ4v) is 2.87. The van der Waals surface area contributed by atoms with Crippen LogP contribution in [-0.2, 0) is 0 Å². The molecule has 1 aliphatic carbocycles. The van der Waals surface area contributed by atoms with Crippen LogP contribution in [0.1, 0.15) is 56.1 Å². The zero-order chi connectivity index (χ0) is 19.3. The Labute approximate surface area is 155 Å². The highest BCUT2D eigenvalue weighted by molar-refractivity contribution is 5.96. The quantitative estimate of drug-likeness (QED) is 0.495. The summed E-state index contributed by atoms with van der Waals surface area (Å²) < 4.78 is 0. The molecule has 140 valence electrons. The van der Waals surface area contributed by atoms with Crippen molar-refractivity contribution in [3.63, 3.8) is 0 Å². The number of nitrogens with zero attached hydrogens (tertiary/aromatic N) is 1. The summed E-state index contributed by atoms with van der Waals surface area (Å²) >= 11 is 0. The number of aromatic amines is 1. The van der Waals surface area contributed by atoms with Crippen LogP contribution < -0.4 is 21.2 Å². The van der Waals surface area contributed by atoms with Crippen LogP contribution in [-0.4, -0.2) is 29.2 Å². The lowest BCUT2D eigenvalue weighted by Crippen LogP contribution is -2.39. The molecule has 0 atom stereocenters. The van der Waals surface area contributed by atoms with Gasteiger partial charge in [-0.3, -0.25) is 4.79 Å². The molecule has 5 nitrogen and oxygen atoms in total. The first-order valence-corrected chi connectivity index (χ1v) is 9.06. The van der Waals surface area contributed by atoms with Gasteiger partial charge in [0.15, 0.2) is 0 Å². The summed E-state index contributed by atoms with van der Waals surface area (Å²) in [6.07, 6.45) is 8.43. The minimum atomic E-state index is -0.110. The van der Waals surface area contributed by atoms with Gasteiger partial charge in [-0.25, -0.2) is 4.99 Å². The molecule has 0 radical (unpaired) electrons. The summed E-state index contributed by atoms with van der Waals surface area (Å²) in [4.78, 5) is 20.5. The van der Waals surface area contributed by atoms with E-state index in [0.717, 1.165) is 30.2 Å². The van der Waals surface area contributed by atoms with E-state index < -0.39 is 0 Å². The van der Waals surface area contributed by atoms with E-state index in [4.69, 9.17) is 0 Å². The van der Waals surface area contributed by atoms with Crippen LogP contribution in [0.25, 0.3) is 12.4 Å². The zero-order valence-corrected chi connectivity index (χ0v) is 16.3. The molecule has 1 heterocycles. The van der Waals surface area contributed by atoms with Crippen molar-refractivity contribution in [1.82, 2.24) is 15.6 Å². The largest absolute Gasteiger partial charge is 0.364 e. The number of hydrogen-bond donors (Lipinski definition) is 3. The lowest BCUT2D eigenvalue weighted by Gasteiger charge is -2.14. The summed E-state index contributed by atoms with van der Waals surface area (Å²) in [7, 11) is 0. The van der Waals surface area contributed by atoms with Crippen molar-refractivity contribution in [2.24, 2.45) is 4.99 Å². The predicted molar refractivity (Wildman–Crippen MR) is 110 cm³/mol. The molecule has 5 heteroatoms. The number of H-pyrrole nitrogens is 1. The number of carbonyl (C=O) groups excluding carboxylic acids is 1. The second-order valence-electron chi connectivity index (χ2n) is 7.15. The number of aliphatic imine (C=N–C) groups is 1. The van der Waals surface area contributed by atoms with Crippen LogP contribution in [0, 0.1) is 6.92 Å². The molecule has 0 bridgehead atoms. The molecule has 1 aliphatic rings. The lowest BCUT2D eigenvalue weighted by molar-refractivity contribution is 0.0952. The molecule has 1 aromatic heterocycles. The van der Waals surface area contributed by atoms with Crippen molar-refractivity contribution in [2.45, 2.75) is 52.5 Å². The minimum absolute atomic E-state index is 0.0554. The third kappa shape index (κ3) is 4.75. The number of nitrogens with one attached hydrogen (secondary N) is 3. The van der Waals surface area contributed by atoms with Crippen molar-refractivity contribution in [1.29, 1.82) is 0 Å². The van der Waals surface area contributed by atoms with Crippen molar-refractivity contribution in [3.8, 4) is 0 Å². The fraction of sp³-hybridized carbons (Fsp3) is 0.429. The van der Waals surface area contributed by atoms with Crippen molar-refractivity contribution in [2.75, 3.05) is 6.54 Å². The van der Waals surface area contributed by atoms with E-state index in [-0.39, 0.29) is 11.4 Å². The third-order valence-electron chi connectivity index (χ3n) is 4.61. The van der Waals surface area contributed by atoms with Gasteiger partial charge in [0.1, 0.15) is 5.82 Å². The number of allylic oxidation sites excluding steroid dienone is 2. The van der Waals surface area contributed by atoms with Crippen LogP contribution in [0.15, 0.2) is 29.3 Å².